The summed E-state index contributed by atoms with van der Waals surface area (Å²) in [5.74, 6) is -0.165. The van der Waals surface area contributed by atoms with Crippen molar-refractivity contribution >= 4 is 21.6 Å². The standard InChI is InChI=1S/C24H23F3N2O4S/c1-2-33-21-11-13-22(14-12-21)34(31,32)29(20-9-4-3-5-10-20)17-23(30)28-16-18-7-6-8-19(15-18)24(25,26)27/h3-15H,2,16-17H2,1H3,(H,28,30). The molecule has 0 saturated heterocycles. The molecule has 0 heterocycles. The molecule has 1 amide bonds. The number of hydrogen-bond acceptors (Lipinski definition) is 4. The molecule has 0 unspecified atom stereocenters. The molecule has 0 spiro atoms. The summed E-state index contributed by atoms with van der Waals surface area (Å²) in [5, 5.41) is 2.49. The first-order chi connectivity index (χ1) is 16.1. The number of halogens is 3. The summed E-state index contributed by atoms with van der Waals surface area (Å²) in [6.07, 6.45) is -4.50. The van der Waals surface area contributed by atoms with Crippen molar-refractivity contribution in [2.45, 2.75) is 24.5 Å². The summed E-state index contributed by atoms with van der Waals surface area (Å²) in [7, 11) is -4.12. The number of carbonyl (C=O) groups is 1. The van der Waals surface area contributed by atoms with Gasteiger partial charge < -0.3 is 10.1 Å². The Morgan fingerprint density at radius 1 is 0.971 bits per heavy atom. The Morgan fingerprint density at radius 3 is 2.26 bits per heavy atom. The minimum Gasteiger partial charge on any atom is -0.494 e. The molecule has 0 aliphatic rings. The van der Waals surface area contributed by atoms with Gasteiger partial charge in [-0.25, -0.2) is 8.42 Å². The van der Waals surface area contributed by atoms with Gasteiger partial charge in [0.05, 0.1) is 22.8 Å². The molecular formula is C24H23F3N2O4S. The second-order valence-corrected chi connectivity index (χ2v) is 9.09. The number of alkyl halides is 3. The molecule has 10 heteroatoms. The molecule has 0 aliphatic carbocycles. The average molecular weight is 493 g/mol. The Labute approximate surface area is 196 Å². The van der Waals surface area contributed by atoms with Gasteiger partial charge in [-0.3, -0.25) is 9.10 Å². The van der Waals surface area contributed by atoms with Crippen LogP contribution < -0.4 is 14.4 Å². The van der Waals surface area contributed by atoms with Crippen LogP contribution in [0.3, 0.4) is 0 Å². The number of hydrogen-bond donors (Lipinski definition) is 1. The maximum atomic E-state index is 13.3. The van der Waals surface area contributed by atoms with Crippen LogP contribution in [0.4, 0.5) is 18.9 Å². The van der Waals surface area contributed by atoms with E-state index in [-0.39, 0.29) is 22.7 Å². The van der Waals surface area contributed by atoms with E-state index in [2.05, 4.69) is 5.32 Å². The topological polar surface area (TPSA) is 75.7 Å². The third kappa shape index (κ3) is 6.28. The van der Waals surface area contributed by atoms with Crippen LogP contribution in [0.1, 0.15) is 18.1 Å². The molecule has 0 saturated carbocycles. The normalized spacial score (nSPS) is 11.6. The van der Waals surface area contributed by atoms with Crippen LogP contribution in [-0.4, -0.2) is 27.5 Å². The second-order valence-electron chi connectivity index (χ2n) is 7.23. The van der Waals surface area contributed by atoms with E-state index in [0.29, 0.717) is 12.4 Å². The van der Waals surface area contributed by atoms with Gasteiger partial charge in [-0.05, 0) is 61.0 Å². The molecule has 0 fully saturated rings. The Kier molecular flexibility index (Phi) is 7.83. The number of benzene rings is 3. The van der Waals surface area contributed by atoms with E-state index < -0.39 is 34.2 Å². The number of nitrogens with one attached hydrogen (secondary N) is 1. The van der Waals surface area contributed by atoms with Crippen molar-refractivity contribution in [2.75, 3.05) is 17.5 Å². The lowest BCUT2D eigenvalue weighted by Crippen LogP contribution is -2.40. The number of sulfonamides is 1. The number of ether oxygens (including phenoxy) is 1. The third-order valence-corrected chi connectivity index (χ3v) is 6.59. The molecule has 6 nitrogen and oxygen atoms in total. The number of amides is 1. The molecule has 0 atom stereocenters. The van der Waals surface area contributed by atoms with Gasteiger partial charge in [0.15, 0.2) is 0 Å². The van der Waals surface area contributed by atoms with E-state index in [1.165, 1.54) is 36.4 Å². The molecule has 34 heavy (non-hydrogen) atoms. The third-order valence-electron chi connectivity index (χ3n) is 4.80. The van der Waals surface area contributed by atoms with Crippen molar-refractivity contribution in [1.82, 2.24) is 5.32 Å². The smallest absolute Gasteiger partial charge is 0.416 e. The quantitative estimate of drug-likeness (QED) is 0.473. The van der Waals surface area contributed by atoms with E-state index in [9.17, 15) is 26.4 Å². The van der Waals surface area contributed by atoms with Crippen LogP contribution in [-0.2, 0) is 27.5 Å². The van der Waals surface area contributed by atoms with Gasteiger partial charge in [-0.2, -0.15) is 13.2 Å². The zero-order valence-electron chi connectivity index (χ0n) is 18.2. The van der Waals surface area contributed by atoms with Gasteiger partial charge in [0.1, 0.15) is 12.3 Å². The van der Waals surface area contributed by atoms with Crippen LogP contribution >= 0.6 is 0 Å². The van der Waals surface area contributed by atoms with Crippen LogP contribution in [0, 0.1) is 0 Å². The van der Waals surface area contributed by atoms with Crippen molar-refractivity contribution in [3.05, 3.63) is 90.0 Å². The van der Waals surface area contributed by atoms with Gasteiger partial charge in [-0.1, -0.05) is 30.3 Å². The second kappa shape index (κ2) is 10.6. The molecule has 1 N–H and O–H groups in total. The fourth-order valence-electron chi connectivity index (χ4n) is 3.16. The number of rotatable bonds is 9. The Morgan fingerprint density at radius 2 is 1.65 bits per heavy atom. The number of carbonyl (C=O) groups excluding carboxylic acids is 1. The summed E-state index contributed by atoms with van der Waals surface area (Å²) < 4.78 is 71.7. The fraction of sp³-hybridized carbons (Fsp3) is 0.208. The van der Waals surface area contributed by atoms with Gasteiger partial charge in [0.25, 0.3) is 10.0 Å². The molecular weight excluding hydrogens is 469 g/mol. The first-order valence-corrected chi connectivity index (χ1v) is 11.8. The average Bonchev–Trinajstić information content (AvgIpc) is 2.82. The Bertz CT molecular complexity index is 1210. The van der Waals surface area contributed by atoms with Crippen molar-refractivity contribution in [3.8, 4) is 5.75 Å². The monoisotopic (exact) mass is 492 g/mol. The number of para-hydroxylation sites is 1. The van der Waals surface area contributed by atoms with Crippen molar-refractivity contribution in [1.29, 1.82) is 0 Å². The Hall–Kier alpha value is -3.53. The summed E-state index contributed by atoms with van der Waals surface area (Å²) in [4.78, 5) is 12.6. The summed E-state index contributed by atoms with van der Waals surface area (Å²) in [6.45, 7) is 1.49. The SMILES string of the molecule is CCOc1ccc(S(=O)(=O)N(CC(=O)NCc2cccc(C(F)(F)F)c2)c2ccccc2)cc1. The lowest BCUT2D eigenvalue weighted by molar-refractivity contribution is -0.137. The predicted molar refractivity (Wildman–Crippen MR) is 122 cm³/mol. The zero-order valence-corrected chi connectivity index (χ0v) is 19.1. The number of anilines is 1. The van der Waals surface area contributed by atoms with Gasteiger partial charge in [0.2, 0.25) is 5.91 Å². The van der Waals surface area contributed by atoms with E-state index in [4.69, 9.17) is 4.74 Å². The van der Waals surface area contributed by atoms with Crippen LogP contribution in [0.25, 0.3) is 0 Å². The van der Waals surface area contributed by atoms with Crippen LogP contribution in [0.2, 0.25) is 0 Å². The summed E-state index contributed by atoms with van der Waals surface area (Å²) in [6, 6.07) is 18.5. The molecule has 3 rings (SSSR count). The molecule has 3 aromatic carbocycles. The lowest BCUT2D eigenvalue weighted by atomic mass is 10.1. The predicted octanol–water partition coefficient (Wildman–Crippen LogP) is 4.62. The molecule has 3 aromatic rings. The highest BCUT2D eigenvalue weighted by Crippen LogP contribution is 2.29. The molecule has 0 aliphatic heterocycles. The first kappa shape index (κ1) is 25.1. The molecule has 180 valence electrons. The number of nitrogens with zero attached hydrogens (tertiary/aromatic N) is 1. The highest BCUT2D eigenvalue weighted by Gasteiger charge is 2.30. The van der Waals surface area contributed by atoms with Crippen molar-refractivity contribution in [3.63, 3.8) is 0 Å². The molecule has 0 aromatic heterocycles. The lowest BCUT2D eigenvalue weighted by Gasteiger charge is -2.24. The van der Waals surface area contributed by atoms with Crippen molar-refractivity contribution in [2.24, 2.45) is 0 Å². The van der Waals surface area contributed by atoms with Crippen LogP contribution in [0.5, 0.6) is 5.75 Å². The largest absolute Gasteiger partial charge is 0.494 e. The minimum absolute atomic E-state index is 0.0366. The van der Waals surface area contributed by atoms with Gasteiger partial charge >= 0.3 is 6.18 Å². The highest BCUT2D eigenvalue weighted by atomic mass is 32.2. The fourth-order valence-corrected chi connectivity index (χ4v) is 4.58. The van der Waals surface area contributed by atoms with E-state index in [1.54, 1.807) is 37.3 Å². The highest BCUT2D eigenvalue weighted by molar-refractivity contribution is 7.92. The van der Waals surface area contributed by atoms with E-state index in [1.807, 2.05) is 0 Å². The maximum absolute atomic E-state index is 13.3. The summed E-state index contributed by atoms with van der Waals surface area (Å²) in [5.41, 5.74) is -0.322. The zero-order chi connectivity index (χ0) is 24.8. The van der Waals surface area contributed by atoms with Crippen molar-refractivity contribution < 1.29 is 31.1 Å². The summed E-state index contributed by atoms with van der Waals surface area (Å²) >= 11 is 0. The molecule has 0 bridgehead atoms. The van der Waals surface area contributed by atoms with Crippen LogP contribution in [0.15, 0.2) is 83.8 Å². The van der Waals surface area contributed by atoms with E-state index >= 15 is 0 Å². The van der Waals surface area contributed by atoms with Gasteiger partial charge in [-0.15, -0.1) is 0 Å². The van der Waals surface area contributed by atoms with E-state index in [0.717, 1.165) is 16.4 Å². The van der Waals surface area contributed by atoms with Gasteiger partial charge in [0, 0.05) is 6.54 Å². The maximum Gasteiger partial charge on any atom is 0.416 e. The minimum atomic E-state index is -4.50. The Balaban J connectivity index is 1.80. The first-order valence-electron chi connectivity index (χ1n) is 10.3. The molecule has 0 radical (unpaired) electrons.